The molecule has 0 fully saturated rings. The van der Waals surface area contributed by atoms with Gasteiger partial charge in [0.15, 0.2) is 0 Å². The van der Waals surface area contributed by atoms with Gasteiger partial charge in [0.2, 0.25) is 0 Å². The maximum absolute atomic E-state index is 12.7. The van der Waals surface area contributed by atoms with Gasteiger partial charge in [0.05, 0.1) is 5.57 Å². The molecule has 1 aromatic heterocycles. The van der Waals surface area contributed by atoms with Gasteiger partial charge in [-0.3, -0.25) is 0 Å². The lowest BCUT2D eigenvalue weighted by atomic mass is 9.89. The topological polar surface area (TPSA) is 76.7 Å². The number of carbonyl (C=O) groups is 2. The zero-order valence-electron chi connectivity index (χ0n) is 17.9. The van der Waals surface area contributed by atoms with Crippen LogP contribution in [0.5, 0.6) is 0 Å². The molecule has 0 radical (unpaired) electrons. The third-order valence-electron chi connectivity index (χ3n) is 4.67. The van der Waals surface area contributed by atoms with Crippen molar-refractivity contribution in [3.63, 3.8) is 0 Å². The molecule has 0 aromatic carbocycles. The SMILES string of the molecule is C=C(C)[C@H]1CCC(C(=O)O)=C=CC/C(C)=C/c2cc(C(=O)OC(C)(C)C)c(o2)C1. The summed E-state index contributed by atoms with van der Waals surface area (Å²) in [6, 6.07) is 1.72. The van der Waals surface area contributed by atoms with Crippen molar-refractivity contribution in [2.75, 3.05) is 0 Å². The van der Waals surface area contributed by atoms with Gasteiger partial charge in [-0.2, -0.15) is 0 Å². The highest BCUT2D eigenvalue weighted by molar-refractivity contribution is 5.91. The van der Waals surface area contributed by atoms with E-state index < -0.39 is 17.5 Å². The average molecular weight is 398 g/mol. The number of aliphatic carboxylic acids is 1. The summed E-state index contributed by atoms with van der Waals surface area (Å²) in [5, 5.41) is 9.46. The molecule has 0 spiro atoms. The standard InChI is InChI=1S/C24H30O5/c1-15(2)18-11-10-17(22(25)26)9-7-8-16(3)12-19-14-20(21(13-18)28-19)23(27)29-24(4,5)6/h7,12,14,18H,1,8,10-11,13H2,2-6H3,(H,25,26)/b16-12+/t9?,18-/m0/s1. The van der Waals surface area contributed by atoms with Crippen LogP contribution >= 0.6 is 0 Å². The largest absolute Gasteiger partial charge is 0.477 e. The maximum atomic E-state index is 12.7. The van der Waals surface area contributed by atoms with Crippen molar-refractivity contribution >= 4 is 18.0 Å². The van der Waals surface area contributed by atoms with Crippen LogP contribution < -0.4 is 0 Å². The van der Waals surface area contributed by atoms with E-state index in [1.807, 2.05) is 40.7 Å². The van der Waals surface area contributed by atoms with E-state index in [-0.39, 0.29) is 11.5 Å². The van der Waals surface area contributed by atoms with E-state index in [0.29, 0.717) is 42.8 Å². The molecule has 1 aromatic rings. The summed E-state index contributed by atoms with van der Waals surface area (Å²) < 4.78 is 11.6. The third-order valence-corrected chi connectivity index (χ3v) is 4.67. The van der Waals surface area contributed by atoms with Gasteiger partial charge >= 0.3 is 11.9 Å². The van der Waals surface area contributed by atoms with Crippen LogP contribution in [0.25, 0.3) is 6.08 Å². The summed E-state index contributed by atoms with van der Waals surface area (Å²) >= 11 is 0. The fraction of sp³-hybridized carbons (Fsp3) is 0.458. The molecule has 0 aliphatic carbocycles. The molecular weight excluding hydrogens is 368 g/mol. The molecular formula is C24H30O5. The molecule has 5 nitrogen and oxygen atoms in total. The molecule has 1 atom stereocenters. The highest BCUT2D eigenvalue weighted by Gasteiger charge is 2.26. The van der Waals surface area contributed by atoms with Crippen molar-refractivity contribution < 1.29 is 23.8 Å². The van der Waals surface area contributed by atoms with Crippen molar-refractivity contribution in [3.8, 4) is 0 Å². The first kappa shape index (κ1) is 22.5. The first-order valence-electron chi connectivity index (χ1n) is 9.82. The van der Waals surface area contributed by atoms with Crippen LogP contribution in [0.1, 0.15) is 75.8 Å². The number of carboxylic acids is 1. The Morgan fingerprint density at radius 3 is 2.62 bits per heavy atom. The lowest BCUT2D eigenvalue weighted by Crippen LogP contribution is -2.24. The number of hydrogen-bond acceptors (Lipinski definition) is 4. The second-order valence-corrected chi connectivity index (χ2v) is 8.60. The summed E-state index contributed by atoms with van der Waals surface area (Å²) in [5.74, 6) is -0.301. The van der Waals surface area contributed by atoms with Crippen LogP contribution in [-0.2, 0) is 16.0 Å². The van der Waals surface area contributed by atoms with Gasteiger partial charge in [-0.25, -0.2) is 9.59 Å². The molecule has 1 aliphatic rings. The second kappa shape index (κ2) is 9.15. The first-order valence-corrected chi connectivity index (χ1v) is 9.82. The van der Waals surface area contributed by atoms with Crippen LogP contribution in [0.2, 0.25) is 0 Å². The summed E-state index contributed by atoms with van der Waals surface area (Å²) in [5.41, 5.74) is 4.84. The molecule has 1 aliphatic heterocycles. The highest BCUT2D eigenvalue weighted by Crippen LogP contribution is 2.29. The monoisotopic (exact) mass is 398 g/mol. The van der Waals surface area contributed by atoms with Gasteiger partial charge in [0.1, 0.15) is 22.7 Å². The molecule has 0 saturated heterocycles. The zero-order valence-corrected chi connectivity index (χ0v) is 17.9. The summed E-state index contributed by atoms with van der Waals surface area (Å²) in [6.07, 6.45) is 5.51. The number of allylic oxidation sites excluding steroid dienone is 2. The number of esters is 1. The highest BCUT2D eigenvalue weighted by atomic mass is 16.6. The Bertz CT molecular complexity index is 898. The quantitative estimate of drug-likeness (QED) is 0.400. The predicted molar refractivity (Wildman–Crippen MR) is 113 cm³/mol. The van der Waals surface area contributed by atoms with Crippen molar-refractivity contribution in [1.29, 1.82) is 0 Å². The average Bonchev–Trinajstić information content (AvgIpc) is 2.96. The van der Waals surface area contributed by atoms with Crippen molar-refractivity contribution in [2.24, 2.45) is 5.92 Å². The van der Waals surface area contributed by atoms with E-state index in [4.69, 9.17) is 9.15 Å². The van der Waals surface area contributed by atoms with Gasteiger partial charge in [0, 0.05) is 6.42 Å². The molecule has 1 N–H and O–H groups in total. The number of hydrogen-bond donors (Lipinski definition) is 1. The van der Waals surface area contributed by atoms with E-state index in [1.165, 1.54) is 0 Å². The van der Waals surface area contributed by atoms with Gasteiger partial charge in [0.25, 0.3) is 0 Å². The number of furan rings is 1. The normalized spacial score (nSPS) is 19.7. The van der Waals surface area contributed by atoms with E-state index >= 15 is 0 Å². The van der Waals surface area contributed by atoms with Crippen LogP contribution in [0.3, 0.4) is 0 Å². The molecule has 5 heteroatoms. The Labute approximate surface area is 172 Å². The summed E-state index contributed by atoms with van der Waals surface area (Å²) in [4.78, 5) is 24.3. The fourth-order valence-corrected chi connectivity index (χ4v) is 3.12. The molecule has 0 saturated carbocycles. The minimum atomic E-state index is -0.965. The van der Waals surface area contributed by atoms with Gasteiger partial charge in [-0.05, 0) is 78.0 Å². The van der Waals surface area contributed by atoms with Crippen LogP contribution in [0.15, 0.2) is 45.6 Å². The van der Waals surface area contributed by atoms with Gasteiger partial charge in [-0.1, -0.05) is 17.7 Å². The van der Waals surface area contributed by atoms with Crippen molar-refractivity contribution in [2.45, 2.75) is 65.9 Å². The van der Waals surface area contributed by atoms with E-state index in [0.717, 1.165) is 11.1 Å². The van der Waals surface area contributed by atoms with E-state index in [1.54, 1.807) is 12.1 Å². The Morgan fingerprint density at radius 2 is 2.03 bits per heavy atom. The molecule has 2 bridgehead atoms. The Hall–Kier alpha value is -2.78. The smallest absolute Gasteiger partial charge is 0.342 e. The van der Waals surface area contributed by atoms with E-state index in [9.17, 15) is 14.7 Å². The lowest BCUT2D eigenvalue weighted by Gasteiger charge is -2.20. The molecule has 156 valence electrons. The molecule has 29 heavy (non-hydrogen) atoms. The minimum absolute atomic E-state index is 0.0304. The lowest BCUT2D eigenvalue weighted by molar-refractivity contribution is -0.132. The Kier molecular flexibility index (Phi) is 7.10. The number of carboxylic acid groups (broad SMARTS) is 1. The maximum Gasteiger partial charge on any atom is 0.342 e. The fourth-order valence-electron chi connectivity index (χ4n) is 3.12. The Morgan fingerprint density at radius 1 is 1.34 bits per heavy atom. The Balaban J connectivity index is 2.49. The predicted octanol–water partition coefficient (Wildman–Crippen LogP) is 5.72. The third kappa shape index (κ3) is 6.65. The number of ether oxygens (including phenoxy) is 1. The second-order valence-electron chi connectivity index (χ2n) is 8.60. The molecule has 2 rings (SSSR count). The van der Waals surface area contributed by atoms with Crippen LogP contribution in [0, 0.1) is 5.92 Å². The molecule has 0 unspecified atom stereocenters. The van der Waals surface area contributed by atoms with Gasteiger partial charge < -0.3 is 14.3 Å². The zero-order chi connectivity index (χ0) is 21.8. The summed E-state index contributed by atoms with van der Waals surface area (Å²) in [6.45, 7) is 13.3. The van der Waals surface area contributed by atoms with Crippen molar-refractivity contribution in [3.05, 3.63) is 58.3 Å². The van der Waals surface area contributed by atoms with Crippen molar-refractivity contribution in [1.82, 2.24) is 0 Å². The van der Waals surface area contributed by atoms with Crippen LogP contribution in [0.4, 0.5) is 0 Å². The number of carbonyl (C=O) groups excluding carboxylic acids is 1. The van der Waals surface area contributed by atoms with Crippen LogP contribution in [-0.4, -0.2) is 22.6 Å². The minimum Gasteiger partial charge on any atom is -0.477 e. The number of fused-ring (bicyclic) bond motifs is 2. The number of rotatable bonds is 3. The van der Waals surface area contributed by atoms with Gasteiger partial charge in [-0.15, -0.1) is 5.73 Å². The van der Waals surface area contributed by atoms with E-state index in [2.05, 4.69) is 12.3 Å². The first-order chi connectivity index (χ1) is 13.5. The molecule has 2 heterocycles. The molecule has 0 amide bonds. The summed E-state index contributed by atoms with van der Waals surface area (Å²) in [7, 11) is 0.